The Bertz CT molecular complexity index is 418. The Balaban J connectivity index is 2.25. The molecule has 1 aliphatic heterocycles. The van der Waals surface area contributed by atoms with Crippen LogP contribution >= 0.6 is 11.8 Å². The van der Waals surface area contributed by atoms with Crippen molar-refractivity contribution in [3.05, 3.63) is 11.9 Å². The monoisotopic (exact) mass is 294 g/mol. The van der Waals surface area contributed by atoms with Gasteiger partial charge in [0.25, 0.3) is 0 Å². The highest BCUT2D eigenvalue weighted by Crippen LogP contribution is 2.30. The van der Waals surface area contributed by atoms with Crippen LogP contribution in [0.15, 0.2) is 6.33 Å². The summed E-state index contributed by atoms with van der Waals surface area (Å²) in [6.45, 7) is 5.36. The molecular weight excluding hydrogens is 268 g/mol. The molecule has 4 nitrogen and oxygen atoms in total. The second kappa shape index (κ2) is 7.72. The number of nitrogens with one attached hydrogen (secondary N) is 1. The maximum atomic E-state index is 4.58. The predicted molar refractivity (Wildman–Crippen MR) is 88.9 cm³/mol. The molecule has 0 aliphatic carbocycles. The summed E-state index contributed by atoms with van der Waals surface area (Å²) >= 11 is 2.04. The third kappa shape index (κ3) is 3.57. The molecule has 5 heteroatoms. The molecule has 1 fully saturated rings. The first-order valence-electron chi connectivity index (χ1n) is 7.66. The van der Waals surface area contributed by atoms with Crippen molar-refractivity contribution in [2.45, 2.75) is 45.6 Å². The van der Waals surface area contributed by atoms with E-state index < -0.39 is 0 Å². The first-order valence-corrected chi connectivity index (χ1v) is 8.81. The lowest BCUT2D eigenvalue weighted by Crippen LogP contribution is -2.33. The van der Waals surface area contributed by atoms with Crippen LogP contribution < -0.4 is 10.2 Å². The minimum absolute atomic E-state index is 0.615. The molecule has 0 saturated carbocycles. The zero-order valence-electron chi connectivity index (χ0n) is 12.9. The van der Waals surface area contributed by atoms with E-state index in [1.807, 2.05) is 11.8 Å². The molecule has 112 valence electrons. The summed E-state index contributed by atoms with van der Waals surface area (Å²) < 4.78 is 0. The molecule has 1 saturated heterocycles. The first-order chi connectivity index (χ1) is 9.77. The van der Waals surface area contributed by atoms with Gasteiger partial charge in [-0.3, -0.25) is 0 Å². The lowest BCUT2D eigenvalue weighted by atomic mass is 10.1. The van der Waals surface area contributed by atoms with E-state index in [9.17, 15) is 0 Å². The third-order valence-corrected chi connectivity index (χ3v) is 4.90. The van der Waals surface area contributed by atoms with Gasteiger partial charge in [0.05, 0.1) is 0 Å². The van der Waals surface area contributed by atoms with Crippen LogP contribution in [0.2, 0.25) is 0 Å². The van der Waals surface area contributed by atoms with E-state index >= 15 is 0 Å². The van der Waals surface area contributed by atoms with Crippen LogP contribution in [-0.4, -0.2) is 41.1 Å². The maximum Gasteiger partial charge on any atom is 0.137 e. The van der Waals surface area contributed by atoms with Crippen molar-refractivity contribution in [2.75, 3.05) is 35.3 Å². The van der Waals surface area contributed by atoms with E-state index in [0.29, 0.717) is 6.04 Å². The molecule has 1 aromatic rings. The van der Waals surface area contributed by atoms with Crippen LogP contribution in [0.1, 0.15) is 38.7 Å². The third-order valence-electron chi connectivity index (χ3n) is 3.75. The molecule has 2 rings (SSSR count). The number of nitrogens with zero attached hydrogens (tertiary/aromatic N) is 3. The standard InChI is InChI=1S/C15H26N4S/c1-4-6-13-14(16-8-5-2)17-11-18-15(13)19(3)12-7-9-20-10-12/h11-12H,4-10H2,1-3H3,(H,16,17,18). The molecule has 0 bridgehead atoms. The van der Waals surface area contributed by atoms with Gasteiger partial charge in [0.15, 0.2) is 0 Å². The van der Waals surface area contributed by atoms with E-state index in [-0.39, 0.29) is 0 Å². The van der Waals surface area contributed by atoms with Gasteiger partial charge in [-0.15, -0.1) is 0 Å². The quantitative estimate of drug-likeness (QED) is 0.836. The SMILES string of the molecule is CCCNc1ncnc(N(C)C2CCSC2)c1CCC. The maximum absolute atomic E-state index is 4.58. The van der Waals surface area contributed by atoms with Gasteiger partial charge in [-0.2, -0.15) is 11.8 Å². The summed E-state index contributed by atoms with van der Waals surface area (Å²) in [5, 5.41) is 3.45. The Labute approximate surface area is 126 Å². The molecule has 0 radical (unpaired) electrons. The second-order valence-electron chi connectivity index (χ2n) is 5.33. The summed E-state index contributed by atoms with van der Waals surface area (Å²) in [6.07, 6.45) is 6.22. The molecular formula is C15H26N4S. The van der Waals surface area contributed by atoms with Crippen molar-refractivity contribution >= 4 is 23.4 Å². The number of aromatic nitrogens is 2. The summed E-state index contributed by atoms with van der Waals surface area (Å²) in [5.41, 5.74) is 1.28. The Morgan fingerprint density at radius 2 is 2.20 bits per heavy atom. The van der Waals surface area contributed by atoms with Gasteiger partial charge in [-0.1, -0.05) is 20.3 Å². The molecule has 1 unspecified atom stereocenters. The molecule has 0 spiro atoms. The zero-order chi connectivity index (χ0) is 14.4. The van der Waals surface area contributed by atoms with Crippen molar-refractivity contribution in [3.8, 4) is 0 Å². The van der Waals surface area contributed by atoms with Crippen molar-refractivity contribution in [2.24, 2.45) is 0 Å². The molecule has 20 heavy (non-hydrogen) atoms. The Morgan fingerprint density at radius 1 is 1.35 bits per heavy atom. The number of thioether (sulfide) groups is 1. The Hall–Kier alpha value is -0.970. The fourth-order valence-corrected chi connectivity index (χ4v) is 3.85. The molecule has 0 aromatic carbocycles. The Kier molecular flexibility index (Phi) is 5.95. The fraction of sp³-hybridized carbons (Fsp3) is 0.733. The van der Waals surface area contributed by atoms with Gasteiger partial charge >= 0.3 is 0 Å². The summed E-state index contributed by atoms with van der Waals surface area (Å²) in [7, 11) is 2.18. The number of anilines is 2. The summed E-state index contributed by atoms with van der Waals surface area (Å²) in [4.78, 5) is 11.4. The van der Waals surface area contributed by atoms with Gasteiger partial charge < -0.3 is 10.2 Å². The largest absolute Gasteiger partial charge is 0.370 e. The van der Waals surface area contributed by atoms with Crippen LogP contribution in [-0.2, 0) is 6.42 Å². The molecule has 1 aliphatic rings. The van der Waals surface area contributed by atoms with Crippen molar-refractivity contribution in [1.82, 2.24) is 9.97 Å². The van der Waals surface area contributed by atoms with Gasteiger partial charge in [-0.25, -0.2) is 9.97 Å². The van der Waals surface area contributed by atoms with Crippen molar-refractivity contribution in [3.63, 3.8) is 0 Å². The average Bonchev–Trinajstić information content (AvgIpc) is 3.00. The highest BCUT2D eigenvalue weighted by molar-refractivity contribution is 7.99. The van der Waals surface area contributed by atoms with Crippen molar-refractivity contribution in [1.29, 1.82) is 0 Å². The van der Waals surface area contributed by atoms with Gasteiger partial charge in [0.2, 0.25) is 0 Å². The van der Waals surface area contributed by atoms with E-state index in [1.54, 1.807) is 6.33 Å². The molecule has 0 amide bonds. The topological polar surface area (TPSA) is 41.1 Å². The molecule has 1 aromatic heterocycles. The number of hydrogen-bond acceptors (Lipinski definition) is 5. The van der Waals surface area contributed by atoms with E-state index in [4.69, 9.17) is 0 Å². The first kappa shape index (κ1) is 15.4. The van der Waals surface area contributed by atoms with Crippen LogP contribution in [0.3, 0.4) is 0 Å². The van der Waals surface area contributed by atoms with Crippen molar-refractivity contribution < 1.29 is 0 Å². The molecule has 1 N–H and O–H groups in total. The van der Waals surface area contributed by atoms with Crippen LogP contribution in [0.25, 0.3) is 0 Å². The smallest absolute Gasteiger partial charge is 0.137 e. The van der Waals surface area contributed by atoms with Gasteiger partial charge in [-0.05, 0) is 25.0 Å². The normalized spacial score (nSPS) is 18.2. The number of hydrogen-bond donors (Lipinski definition) is 1. The predicted octanol–water partition coefficient (Wildman–Crippen LogP) is 3.19. The fourth-order valence-electron chi connectivity index (χ4n) is 2.58. The van der Waals surface area contributed by atoms with Gasteiger partial charge in [0, 0.05) is 31.0 Å². The highest BCUT2D eigenvalue weighted by atomic mass is 32.2. The molecule has 2 heterocycles. The number of rotatable bonds is 7. The zero-order valence-corrected chi connectivity index (χ0v) is 13.7. The van der Waals surface area contributed by atoms with E-state index in [2.05, 4.69) is 41.1 Å². The van der Waals surface area contributed by atoms with Gasteiger partial charge in [0.1, 0.15) is 18.0 Å². The van der Waals surface area contributed by atoms with E-state index in [0.717, 1.165) is 37.4 Å². The summed E-state index contributed by atoms with van der Waals surface area (Å²) in [6, 6.07) is 0.615. The lowest BCUT2D eigenvalue weighted by Gasteiger charge is -2.27. The summed E-state index contributed by atoms with van der Waals surface area (Å²) in [5.74, 6) is 4.62. The molecule has 1 atom stereocenters. The Morgan fingerprint density at radius 3 is 2.85 bits per heavy atom. The van der Waals surface area contributed by atoms with Crippen LogP contribution in [0, 0.1) is 0 Å². The second-order valence-corrected chi connectivity index (χ2v) is 6.48. The minimum atomic E-state index is 0.615. The lowest BCUT2D eigenvalue weighted by molar-refractivity contribution is 0.684. The highest BCUT2D eigenvalue weighted by Gasteiger charge is 2.24. The average molecular weight is 294 g/mol. The van der Waals surface area contributed by atoms with Crippen LogP contribution in [0.5, 0.6) is 0 Å². The van der Waals surface area contributed by atoms with E-state index in [1.165, 1.54) is 23.5 Å². The minimum Gasteiger partial charge on any atom is -0.370 e. The van der Waals surface area contributed by atoms with Crippen LogP contribution in [0.4, 0.5) is 11.6 Å².